The Balaban J connectivity index is 2.40. The van der Waals surface area contributed by atoms with Gasteiger partial charge in [-0.25, -0.2) is 4.39 Å². The molecular weight excluding hydrogens is 237 g/mol. The first kappa shape index (κ1) is 12.1. The second kappa shape index (κ2) is 4.86. The number of nitrogens with two attached hydrogens (primary N) is 1. The zero-order valence-electron chi connectivity index (χ0n) is 9.45. The fraction of sp³-hybridized carbons (Fsp3) is 0.143. The van der Waals surface area contributed by atoms with Gasteiger partial charge in [0.2, 0.25) is 0 Å². The van der Waals surface area contributed by atoms with Crippen molar-refractivity contribution in [2.24, 2.45) is 5.73 Å². The summed E-state index contributed by atoms with van der Waals surface area (Å²) in [7, 11) is 0. The SMILES string of the molecule is Cc1cc([C@@H](N)c2ccccc2Cl)ccc1F. The van der Waals surface area contributed by atoms with Gasteiger partial charge in [-0.3, -0.25) is 0 Å². The van der Waals surface area contributed by atoms with Gasteiger partial charge >= 0.3 is 0 Å². The van der Waals surface area contributed by atoms with E-state index in [-0.39, 0.29) is 11.9 Å². The van der Waals surface area contributed by atoms with Crippen molar-refractivity contribution in [3.8, 4) is 0 Å². The lowest BCUT2D eigenvalue weighted by molar-refractivity contribution is 0.617. The summed E-state index contributed by atoms with van der Waals surface area (Å²) < 4.78 is 13.2. The molecule has 0 radical (unpaired) electrons. The second-order valence-corrected chi connectivity index (χ2v) is 4.42. The van der Waals surface area contributed by atoms with E-state index in [4.69, 9.17) is 17.3 Å². The van der Waals surface area contributed by atoms with Gasteiger partial charge < -0.3 is 5.73 Å². The highest BCUT2D eigenvalue weighted by Crippen LogP contribution is 2.27. The summed E-state index contributed by atoms with van der Waals surface area (Å²) in [5.74, 6) is -0.222. The van der Waals surface area contributed by atoms with Gasteiger partial charge in [0, 0.05) is 5.02 Å². The summed E-state index contributed by atoms with van der Waals surface area (Å²) in [5, 5.41) is 0.627. The van der Waals surface area contributed by atoms with E-state index in [1.54, 1.807) is 25.1 Å². The molecule has 0 fully saturated rings. The molecule has 0 heterocycles. The Kier molecular flexibility index (Phi) is 3.46. The molecule has 3 heteroatoms. The first-order chi connectivity index (χ1) is 8.09. The Bertz CT molecular complexity index is 539. The molecule has 2 N–H and O–H groups in total. The van der Waals surface area contributed by atoms with E-state index in [0.29, 0.717) is 10.6 Å². The molecule has 1 nitrogen and oxygen atoms in total. The maximum Gasteiger partial charge on any atom is 0.126 e. The van der Waals surface area contributed by atoms with Crippen LogP contribution in [-0.2, 0) is 0 Å². The monoisotopic (exact) mass is 249 g/mol. The fourth-order valence-corrected chi connectivity index (χ4v) is 2.02. The van der Waals surface area contributed by atoms with E-state index in [1.807, 2.05) is 18.2 Å². The van der Waals surface area contributed by atoms with Crippen LogP contribution in [0.2, 0.25) is 5.02 Å². The summed E-state index contributed by atoms with van der Waals surface area (Å²) in [6, 6.07) is 12.0. The summed E-state index contributed by atoms with van der Waals surface area (Å²) in [6.45, 7) is 1.72. The van der Waals surface area contributed by atoms with E-state index in [2.05, 4.69) is 0 Å². The topological polar surface area (TPSA) is 26.0 Å². The van der Waals surface area contributed by atoms with Gasteiger partial charge in [-0.05, 0) is 35.7 Å². The highest BCUT2D eigenvalue weighted by molar-refractivity contribution is 6.31. The maximum absolute atomic E-state index is 13.2. The van der Waals surface area contributed by atoms with Gasteiger partial charge in [-0.2, -0.15) is 0 Å². The normalized spacial score (nSPS) is 12.5. The highest BCUT2D eigenvalue weighted by atomic mass is 35.5. The third-order valence-electron chi connectivity index (χ3n) is 2.78. The Morgan fingerprint density at radius 2 is 1.88 bits per heavy atom. The van der Waals surface area contributed by atoms with Crippen molar-refractivity contribution >= 4 is 11.6 Å². The first-order valence-electron chi connectivity index (χ1n) is 5.35. The third kappa shape index (κ3) is 2.48. The second-order valence-electron chi connectivity index (χ2n) is 4.01. The van der Waals surface area contributed by atoms with Crippen LogP contribution in [0.15, 0.2) is 42.5 Å². The van der Waals surface area contributed by atoms with Crippen LogP contribution in [-0.4, -0.2) is 0 Å². The lowest BCUT2D eigenvalue weighted by Gasteiger charge is -2.14. The third-order valence-corrected chi connectivity index (χ3v) is 3.13. The van der Waals surface area contributed by atoms with Crippen LogP contribution >= 0.6 is 11.6 Å². The largest absolute Gasteiger partial charge is 0.320 e. The molecule has 0 aliphatic carbocycles. The minimum atomic E-state index is -0.331. The van der Waals surface area contributed by atoms with Crippen LogP contribution in [0, 0.1) is 12.7 Å². The van der Waals surface area contributed by atoms with Gasteiger partial charge in [-0.1, -0.05) is 41.9 Å². The smallest absolute Gasteiger partial charge is 0.126 e. The van der Waals surface area contributed by atoms with Crippen molar-refractivity contribution < 1.29 is 4.39 Å². The van der Waals surface area contributed by atoms with Crippen LogP contribution in [0.5, 0.6) is 0 Å². The minimum Gasteiger partial charge on any atom is -0.320 e. The van der Waals surface area contributed by atoms with Crippen molar-refractivity contribution in [2.45, 2.75) is 13.0 Å². The molecule has 0 aromatic heterocycles. The lowest BCUT2D eigenvalue weighted by Crippen LogP contribution is -2.12. The number of halogens is 2. The lowest BCUT2D eigenvalue weighted by atomic mass is 9.98. The minimum absolute atomic E-state index is 0.222. The molecule has 1 atom stereocenters. The Morgan fingerprint density at radius 3 is 2.53 bits per heavy atom. The Labute approximate surface area is 105 Å². The molecule has 0 aliphatic rings. The van der Waals surface area contributed by atoms with E-state index in [9.17, 15) is 4.39 Å². The number of aryl methyl sites for hydroxylation is 1. The summed E-state index contributed by atoms with van der Waals surface area (Å²) >= 11 is 6.09. The molecule has 17 heavy (non-hydrogen) atoms. The van der Waals surface area contributed by atoms with Crippen LogP contribution in [0.4, 0.5) is 4.39 Å². The van der Waals surface area contributed by atoms with Gasteiger partial charge in [0.25, 0.3) is 0 Å². The van der Waals surface area contributed by atoms with E-state index < -0.39 is 0 Å². The maximum atomic E-state index is 13.2. The molecule has 2 aromatic rings. The average Bonchev–Trinajstić information content (AvgIpc) is 2.32. The molecule has 0 saturated carbocycles. The van der Waals surface area contributed by atoms with Gasteiger partial charge in [-0.15, -0.1) is 0 Å². The van der Waals surface area contributed by atoms with E-state index in [0.717, 1.165) is 11.1 Å². The van der Waals surface area contributed by atoms with Crippen molar-refractivity contribution in [3.63, 3.8) is 0 Å². The Hall–Kier alpha value is -1.38. The number of benzene rings is 2. The van der Waals surface area contributed by atoms with Crippen molar-refractivity contribution in [3.05, 3.63) is 70.0 Å². The summed E-state index contributed by atoms with van der Waals surface area (Å²) in [4.78, 5) is 0. The van der Waals surface area contributed by atoms with Crippen molar-refractivity contribution in [1.82, 2.24) is 0 Å². The molecule has 0 aliphatic heterocycles. The van der Waals surface area contributed by atoms with Gasteiger partial charge in [0.05, 0.1) is 6.04 Å². The van der Waals surface area contributed by atoms with Crippen LogP contribution < -0.4 is 5.73 Å². The average molecular weight is 250 g/mol. The zero-order chi connectivity index (χ0) is 12.4. The van der Waals surface area contributed by atoms with E-state index in [1.165, 1.54) is 6.07 Å². The zero-order valence-corrected chi connectivity index (χ0v) is 10.2. The van der Waals surface area contributed by atoms with Gasteiger partial charge in [0.15, 0.2) is 0 Å². The van der Waals surface area contributed by atoms with Gasteiger partial charge in [0.1, 0.15) is 5.82 Å². The summed E-state index contributed by atoms with van der Waals surface area (Å²) in [6.07, 6.45) is 0. The first-order valence-corrected chi connectivity index (χ1v) is 5.73. The predicted molar refractivity (Wildman–Crippen MR) is 68.6 cm³/mol. The Morgan fingerprint density at radius 1 is 1.18 bits per heavy atom. The predicted octanol–water partition coefficient (Wildman–Crippen LogP) is 3.84. The van der Waals surface area contributed by atoms with Crippen molar-refractivity contribution in [1.29, 1.82) is 0 Å². The molecule has 2 rings (SSSR count). The number of hydrogen-bond donors (Lipinski definition) is 1. The van der Waals surface area contributed by atoms with Crippen molar-refractivity contribution in [2.75, 3.05) is 0 Å². The summed E-state index contributed by atoms with van der Waals surface area (Å²) in [5.41, 5.74) is 8.42. The molecule has 2 aromatic carbocycles. The number of hydrogen-bond acceptors (Lipinski definition) is 1. The number of rotatable bonds is 2. The van der Waals surface area contributed by atoms with Crippen LogP contribution in [0.3, 0.4) is 0 Å². The quantitative estimate of drug-likeness (QED) is 0.860. The molecule has 0 amide bonds. The molecule has 88 valence electrons. The molecule has 0 spiro atoms. The van der Waals surface area contributed by atoms with Crippen LogP contribution in [0.1, 0.15) is 22.7 Å². The molecule has 0 bridgehead atoms. The highest BCUT2D eigenvalue weighted by Gasteiger charge is 2.12. The molecule has 0 unspecified atom stereocenters. The van der Waals surface area contributed by atoms with E-state index >= 15 is 0 Å². The fourth-order valence-electron chi connectivity index (χ4n) is 1.77. The standard InChI is InChI=1S/C14H13ClFN/c1-9-8-10(6-7-13(9)16)14(17)11-4-2-3-5-12(11)15/h2-8,14H,17H2,1H3/t14-/m1/s1. The molecule has 0 saturated heterocycles. The van der Waals surface area contributed by atoms with Crippen LogP contribution in [0.25, 0.3) is 0 Å². The molecular formula is C14H13ClFN.